The normalized spacial score (nSPS) is 9.67. The molecule has 0 amide bonds. The molecule has 0 aliphatic carbocycles. The number of carbonyl (C=O) groups is 1. The first-order valence-electron chi connectivity index (χ1n) is 6.51. The number of carbonyl (C=O) groups excluding carboxylic acids is 1. The second kappa shape index (κ2) is 6.67. The van der Waals surface area contributed by atoms with Gasteiger partial charge in [0.1, 0.15) is 5.82 Å². The lowest BCUT2D eigenvalue weighted by Crippen LogP contribution is -1.97. The monoisotopic (exact) mass is 283 g/mol. The number of nitrogens with zero attached hydrogens (tertiary/aromatic N) is 1. The second-order valence-corrected chi connectivity index (χ2v) is 4.33. The molecule has 0 saturated heterocycles. The standard InChI is InChI=1S/C17H14FNO2/c1-3-21-17-9-4-12(2)19-16(17)8-6-13-10-15(18)7-5-14(13)11-20/h4-5,7,9-11H,3H2,1-2H3. The van der Waals surface area contributed by atoms with Gasteiger partial charge in [-0.1, -0.05) is 5.92 Å². The molecule has 2 rings (SSSR count). The number of hydrogen-bond acceptors (Lipinski definition) is 3. The van der Waals surface area contributed by atoms with Gasteiger partial charge >= 0.3 is 0 Å². The van der Waals surface area contributed by atoms with Gasteiger partial charge in [-0.3, -0.25) is 4.79 Å². The molecule has 0 spiro atoms. The second-order valence-electron chi connectivity index (χ2n) is 4.33. The van der Waals surface area contributed by atoms with Crippen LogP contribution in [0.1, 0.15) is 34.2 Å². The minimum Gasteiger partial charge on any atom is -0.491 e. The number of aryl methyl sites for hydroxylation is 1. The summed E-state index contributed by atoms with van der Waals surface area (Å²) in [6.45, 7) is 4.22. The van der Waals surface area contributed by atoms with Crippen molar-refractivity contribution in [1.29, 1.82) is 0 Å². The number of aromatic nitrogens is 1. The topological polar surface area (TPSA) is 39.2 Å². The number of rotatable bonds is 3. The maximum Gasteiger partial charge on any atom is 0.155 e. The van der Waals surface area contributed by atoms with Gasteiger partial charge in [0.2, 0.25) is 0 Å². The molecule has 3 nitrogen and oxygen atoms in total. The first-order valence-corrected chi connectivity index (χ1v) is 6.51. The first kappa shape index (κ1) is 14.7. The molecule has 106 valence electrons. The van der Waals surface area contributed by atoms with E-state index in [4.69, 9.17) is 4.74 Å². The van der Waals surface area contributed by atoms with E-state index in [0.717, 1.165) is 5.69 Å². The molecule has 1 aromatic carbocycles. The van der Waals surface area contributed by atoms with E-state index in [1.54, 1.807) is 6.07 Å². The zero-order valence-corrected chi connectivity index (χ0v) is 11.8. The molecule has 1 aromatic heterocycles. The van der Waals surface area contributed by atoms with E-state index in [-0.39, 0.29) is 0 Å². The Morgan fingerprint density at radius 1 is 1.29 bits per heavy atom. The zero-order chi connectivity index (χ0) is 15.2. The van der Waals surface area contributed by atoms with Crippen LogP contribution in [0.3, 0.4) is 0 Å². The van der Waals surface area contributed by atoms with Crippen LogP contribution in [-0.4, -0.2) is 17.9 Å². The Kier molecular flexibility index (Phi) is 4.68. The molecule has 0 fully saturated rings. The van der Waals surface area contributed by atoms with Gasteiger partial charge in [0.05, 0.1) is 6.61 Å². The molecule has 2 aromatic rings. The van der Waals surface area contributed by atoms with E-state index in [1.807, 2.05) is 19.9 Å². The van der Waals surface area contributed by atoms with Gasteiger partial charge in [-0.05, 0) is 50.1 Å². The Labute approximate surface area is 122 Å². The summed E-state index contributed by atoms with van der Waals surface area (Å²) in [5.74, 6) is 5.76. The zero-order valence-electron chi connectivity index (χ0n) is 11.8. The quantitative estimate of drug-likeness (QED) is 0.641. The highest BCUT2D eigenvalue weighted by Crippen LogP contribution is 2.16. The molecule has 0 atom stereocenters. The molecule has 0 aliphatic heterocycles. The van der Waals surface area contributed by atoms with E-state index in [0.29, 0.717) is 35.5 Å². The van der Waals surface area contributed by atoms with Crippen molar-refractivity contribution in [3.8, 4) is 17.6 Å². The maximum absolute atomic E-state index is 13.2. The largest absolute Gasteiger partial charge is 0.491 e. The SMILES string of the molecule is CCOc1ccc(C)nc1C#Cc1cc(F)ccc1C=O. The fourth-order valence-electron chi connectivity index (χ4n) is 1.77. The molecular formula is C17H14FNO2. The van der Waals surface area contributed by atoms with E-state index >= 15 is 0 Å². The minimum absolute atomic E-state index is 0.329. The molecule has 0 bridgehead atoms. The molecule has 4 heteroatoms. The molecule has 0 radical (unpaired) electrons. The van der Waals surface area contributed by atoms with Crippen LogP contribution >= 0.6 is 0 Å². The summed E-state index contributed by atoms with van der Waals surface area (Å²) in [5.41, 5.74) is 1.95. The van der Waals surface area contributed by atoms with Crippen molar-refractivity contribution in [2.45, 2.75) is 13.8 Å². The van der Waals surface area contributed by atoms with Gasteiger partial charge in [0.15, 0.2) is 17.7 Å². The van der Waals surface area contributed by atoms with E-state index < -0.39 is 5.82 Å². The van der Waals surface area contributed by atoms with E-state index in [1.165, 1.54) is 18.2 Å². The number of ether oxygens (including phenoxy) is 1. The molecule has 0 unspecified atom stereocenters. The average molecular weight is 283 g/mol. The highest BCUT2D eigenvalue weighted by atomic mass is 19.1. The van der Waals surface area contributed by atoms with Crippen LogP contribution in [0, 0.1) is 24.6 Å². The third kappa shape index (κ3) is 3.67. The Balaban J connectivity index is 2.45. The van der Waals surface area contributed by atoms with Crippen LogP contribution in [0.25, 0.3) is 0 Å². The lowest BCUT2D eigenvalue weighted by atomic mass is 10.1. The Morgan fingerprint density at radius 3 is 2.81 bits per heavy atom. The van der Waals surface area contributed by atoms with Gasteiger partial charge in [0, 0.05) is 16.8 Å². The Bertz CT molecular complexity index is 729. The Hall–Kier alpha value is -2.67. The highest BCUT2D eigenvalue weighted by molar-refractivity contribution is 5.79. The van der Waals surface area contributed by atoms with Crippen molar-refractivity contribution in [3.63, 3.8) is 0 Å². The van der Waals surface area contributed by atoms with Gasteiger partial charge in [-0.2, -0.15) is 0 Å². The third-order valence-electron chi connectivity index (χ3n) is 2.76. The molecular weight excluding hydrogens is 269 g/mol. The molecule has 0 aliphatic rings. The van der Waals surface area contributed by atoms with Crippen LogP contribution in [-0.2, 0) is 0 Å². The van der Waals surface area contributed by atoms with E-state index in [9.17, 15) is 9.18 Å². The fraction of sp³-hybridized carbons (Fsp3) is 0.176. The van der Waals surface area contributed by atoms with Crippen LogP contribution < -0.4 is 4.74 Å². The summed E-state index contributed by atoms with van der Waals surface area (Å²) < 4.78 is 18.7. The minimum atomic E-state index is -0.438. The summed E-state index contributed by atoms with van der Waals surface area (Å²) in [5, 5.41) is 0. The van der Waals surface area contributed by atoms with Gasteiger partial charge in [-0.15, -0.1) is 0 Å². The maximum atomic E-state index is 13.2. The lowest BCUT2D eigenvalue weighted by Gasteiger charge is -2.05. The lowest BCUT2D eigenvalue weighted by molar-refractivity contribution is 0.112. The van der Waals surface area contributed by atoms with Crippen molar-refractivity contribution < 1.29 is 13.9 Å². The summed E-state index contributed by atoms with van der Waals surface area (Å²) in [4.78, 5) is 15.2. The Morgan fingerprint density at radius 2 is 2.10 bits per heavy atom. The van der Waals surface area contributed by atoms with Crippen molar-refractivity contribution in [3.05, 3.63) is 58.7 Å². The third-order valence-corrected chi connectivity index (χ3v) is 2.76. The smallest absolute Gasteiger partial charge is 0.155 e. The van der Waals surface area contributed by atoms with Crippen molar-refractivity contribution in [2.24, 2.45) is 0 Å². The highest BCUT2D eigenvalue weighted by Gasteiger charge is 2.04. The number of hydrogen-bond donors (Lipinski definition) is 0. The van der Waals surface area contributed by atoms with Crippen molar-refractivity contribution in [1.82, 2.24) is 4.98 Å². The summed E-state index contributed by atoms with van der Waals surface area (Å²) in [6.07, 6.45) is 0.649. The predicted molar refractivity (Wildman–Crippen MR) is 77.9 cm³/mol. The van der Waals surface area contributed by atoms with Gasteiger partial charge in [-0.25, -0.2) is 9.37 Å². The predicted octanol–water partition coefficient (Wildman–Crippen LogP) is 3.14. The van der Waals surface area contributed by atoms with Crippen molar-refractivity contribution in [2.75, 3.05) is 6.61 Å². The van der Waals surface area contributed by atoms with Crippen LogP contribution in [0.15, 0.2) is 30.3 Å². The molecule has 0 N–H and O–H groups in total. The number of aldehydes is 1. The van der Waals surface area contributed by atoms with E-state index in [2.05, 4.69) is 16.8 Å². The summed E-state index contributed by atoms with van der Waals surface area (Å²) >= 11 is 0. The van der Waals surface area contributed by atoms with Gasteiger partial charge in [0.25, 0.3) is 0 Å². The summed E-state index contributed by atoms with van der Waals surface area (Å²) in [6, 6.07) is 7.48. The molecule has 1 heterocycles. The first-order chi connectivity index (χ1) is 10.1. The van der Waals surface area contributed by atoms with Gasteiger partial charge < -0.3 is 4.74 Å². The van der Waals surface area contributed by atoms with Crippen LogP contribution in [0.4, 0.5) is 4.39 Å². The average Bonchev–Trinajstić information content (AvgIpc) is 2.48. The number of benzene rings is 1. The van der Waals surface area contributed by atoms with Crippen LogP contribution in [0.2, 0.25) is 0 Å². The molecule has 21 heavy (non-hydrogen) atoms. The van der Waals surface area contributed by atoms with Crippen molar-refractivity contribution >= 4 is 6.29 Å². The fourth-order valence-corrected chi connectivity index (χ4v) is 1.77. The summed E-state index contributed by atoms with van der Waals surface area (Å²) in [7, 11) is 0. The number of pyridine rings is 1. The van der Waals surface area contributed by atoms with Crippen LogP contribution in [0.5, 0.6) is 5.75 Å². The number of halogens is 1. The molecule has 0 saturated carbocycles.